The second-order valence-electron chi connectivity index (χ2n) is 6.17. The lowest BCUT2D eigenvalue weighted by molar-refractivity contribution is -0.131. The Morgan fingerprint density at radius 1 is 1.27 bits per heavy atom. The largest absolute Gasteiger partial charge is 0.343 e. The number of fused-ring (bicyclic) bond motifs is 1. The maximum absolute atomic E-state index is 12.3. The summed E-state index contributed by atoms with van der Waals surface area (Å²) in [5.41, 5.74) is 1.15. The standard InChI is InChI=1S/C15H24N4O.2ClH/c1-12-8-17-19(11-12)7-4-15(20)18-5-2-13-9-16-10-14(13)3-6-18;;/h8,11,13-14,16H,2-7,9-10H2,1H3;2*1H/t13-,14+;;. The Bertz CT molecular complexity index is 466. The highest BCUT2D eigenvalue weighted by molar-refractivity contribution is 5.85. The number of likely N-dealkylation sites (tertiary alicyclic amines) is 1. The minimum atomic E-state index is 0. The van der Waals surface area contributed by atoms with E-state index in [0.29, 0.717) is 13.0 Å². The summed E-state index contributed by atoms with van der Waals surface area (Å²) in [5.74, 6) is 1.84. The molecule has 0 unspecified atom stereocenters. The molecule has 0 radical (unpaired) electrons. The average Bonchev–Trinajstić information content (AvgIpc) is 3.01. The molecule has 2 fully saturated rings. The quantitative estimate of drug-likeness (QED) is 0.907. The van der Waals surface area contributed by atoms with Gasteiger partial charge < -0.3 is 10.2 Å². The molecule has 0 saturated carbocycles. The molecular weight excluding hydrogens is 323 g/mol. The molecule has 7 heteroatoms. The van der Waals surface area contributed by atoms with E-state index < -0.39 is 0 Å². The van der Waals surface area contributed by atoms with Gasteiger partial charge in [-0.3, -0.25) is 9.48 Å². The zero-order chi connectivity index (χ0) is 13.9. The van der Waals surface area contributed by atoms with E-state index in [4.69, 9.17) is 0 Å². The highest BCUT2D eigenvalue weighted by atomic mass is 35.5. The van der Waals surface area contributed by atoms with E-state index in [1.54, 1.807) is 0 Å². The van der Waals surface area contributed by atoms with E-state index in [-0.39, 0.29) is 30.7 Å². The number of halogens is 2. The molecule has 1 N–H and O–H groups in total. The average molecular weight is 349 g/mol. The molecule has 2 aliphatic heterocycles. The van der Waals surface area contributed by atoms with Gasteiger partial charge in [-0.25, -0.2) is 0 Å². The van der Waals surface area contributed by atoms with Crippen LogP contribution in [0.15, 0.2) is 12.4 Å². The number of carbonyl (C=O) groups excluding carboxylic acids is 1. The Kier molecular flexibility index (Phi) is 7.66. The Hall–Kier alpha value is -0.780. The monoisotopic (exact) mass is 348 g/mol. The van der Waals surface area contributed by atoms with Gasteiger partial charge in [-0.2, -0.15) is 5.10 Å². The van der Waals surface area contributed by atoms with Gasteiger partial charge in [-0.05, 0) is 50.3 Å². The minimum absolute atomic E-state index is 0. The molecule has 0 aromatic carbocycles. The summed E-state index contributed by atoms with van der Waals surface area (Å²) in [6.07, 6.45) is 6.71. The SMILES string of the molecule is Cc1cnn(CCC(=O)N2CC[C@@H]3CNC[C@@H]3CC2)c1.Cl.Cl. The van der Waals surface area contributed by atoms with Crippen molar-refractivity contribution >= 4 is 30.7 Å². The molecule has 3 heterocycles. The molecule has 0 aliphatic carbocycles. The molecule has 0 bridgehead atoms. The zero-order valence-electron chi connectivity index (χ0n) is 13.0. The summed E-state index contributed by atoms with van der Waals surface area (Å²) in [6, 6.07) is 0. The Labute approximate surface area is 144 Å². The van der Waals surface area contributed by atoms with Crippen molar-refractivity contribution in [3.8, 4) is 0 Å². The van der Waals surface area contributed by atoms with Gasteiger partial charge in [-0.1, -0.05) is 0 Å². The second kappa shape index (κ2) is 8.75. The van der Waals surface area contributed by atoms with Gasteiger partial charge in [0.1, 0.15) is 0 Å². The number of aromatic nitrogens is 2. The van der Waals surface area contributed by atoms with Gasteiger partial charge in [0.25, 0.3) is 0 Å². The predicted octanol–water partition coefficient (Wildman–Crippen LogP) is 1.88. The first kappa shape index (κ1) is 19.3. The highest BCUT2D eigenvalue weighted by Crippen LogP contribution is 2.27. The van der Waals surface area contributed by atoms with E-state index >= 15 is 0 Å². The third-order valence-corrected chi connectivity index (χ3v) is 4.69. The minimum Gasteiger partial charge on any atom is -0.343 e. The van der Waals surface area contributed by atoms with Crippen LogP contribution >= 0.6 is 24.8 Å². The number of carbonyl (C=O) groups is 1. The molecular formula is C15H26Cl2N4O. The topological polar surface area (TPSA) is 50.2 Å². The number of nitrogens with one attached hydrogen (secondary N) is 1. The fraction of sp³-hybridized carbons (Fsp3) is 0.733. The molecule has 1 amide bonds. The first-order valence-corrected chi connectivity index (χ1v) is 7.70. The molecule has 1 aromatic heterocycles. The van der Waals surface area contributed by atoms with Crippen LogP contribution in [0, 0.1) is 18.8 Å². The highest BCUT2D eigenvalue weighted by Gasteiger charge is 2.31. The van der Waals surface area contributed by atoms with Crippen molar-refractivity contribution in [2.45, 2.75) is 32.7 Å². The second-order valence-corrected chi connectivity index (χ2v) is 6.17. The Morgan fingerprint density at radius 2 is 1.91 bits per heavy atom. The summed E-state index contributed by atoms with van der Waals surface area (Å²) in [7, 11) is 0. The number of rotatable bonds is 3. The summed E-state index contributed by atoms with van der Waals surface area (Å²) in [5, 5.41) is 7.71. The van der Waals surface area contributed by atoms with E-state index in [9.17, 15) is 4.79 Å². The van der Waals surface area contributed by atoms with E-state index in [1.807, 2.05) is 24.0 Å². The molecule has 5 nitrogen and oxygen atoms in total. The van der Waals surface area contributed by atoms with Crippen LogP contribution in [0.4, 0.5) is 0 Å². The van der Waals surface area contributed by atoms with Crippen LogP contribution in [0.2, 0.25) is 0 Å². The van der Waals surface area contributed by atoms with Crippen molar-refractivity contribution in [1.29, 1.82) is 0 Å². The zero-order valence-corrected chi connectivity index (χ0v) is 14.7. The molecule has 22 heavy (non-hydrogen) atoms. The fourth-order valence-electron chi connectivity index (χ4n) is 3.43. The predicted molar refractivity (Wildman–Crippen MR) is 91.7 cm³/mol. The summed E-state index contributed by atoms with van der Waals surface area (Å²) < 4.78 is 1.86. The summed E-state index contributed by atoms with van der Waals surface area (Å²) >= 11 is 0. The lowest BCUT2D eigenvalue weighted by Gasteiger charge is -2.21. The van der Waals surface area contributed by atoms with Crippen molar-refractivity contribution in [2.24, 2.45) is 11.8 Å². The first-order chi connectivity index (χ1) is 9.72. The molecule has 126 valence electrons. The fourth-order valence-corrected chi connectivity index (χ4v) is 3.43. The van der Waals surface area contributed by atoms with Crippen LogP contribution in [-0.4, -0.2) is 46.8 Å². The summed E-state index contributed by atoms with van der Waals surface area (Å²) in [6.45, 7) is 6.85. The van der Waals surface area contributed by atoms with Gasteiger partial charge in [0.2, 0.25) is 5.91 Å². The maximum Gasteiger partial charge on any atom is 0.224 e. The third kappa shape index (κ3) is 4.61. The first-order valence-electron chi connectivity index (χ1n) is 7.70. The van der Waals surface area contributed by atoms with Crippen LogP contribution in [0.5, 0.6) is 0 Å². The molecule has 2 saturated heterocycles. The number of amides is 1. The molecule has 1 aromatic rings. The van der Waals surface area contributed by atoms with Gasteiger partial charge in [0, 0.05) is 32.3 Å². The Morgan fingerprint density at radius 3 is 2.45 bits per heavy atom. The lowest BCUT2D eigenvalue weighted by Crippen LogP contribution is -2.33. The van der Waals surface area contributed by atoms with E-state index in [1.165, 1.54) is 0 Å². The van der Waals surface area contributed by atoms with Crippen LogP contribution < -0.4 is 5.32 Å². The van der Waals surface area contributed by atoms with Crippen LogP contribution in [-0.2, 0) is 11.3 Å². The van der Waals surface area contributed by atoms with Gasteiger partial charge in [0.15, 0.2) is 0 Å². The maximum atomic E-state index is 12.3. The number of hydrogen-bond acceptors (Lipinski definition) is 3. The van der Waals surface area contributed by atoms with Crippen molar-refractivity contribution in [1.82, 2.24) is 20.0 Å². The number of hydrogen-bond donors (Lipinski definition) is 1. The van der Waals surface area contributed by atoms with Gasteiger partial charge >= 0.3 is 0 Å². The van der Waals surface area contributed by atoms with E-state index in [2.05, 4.69) is 15.3 Å². The Balaban J connectivity index is 0.00000121. The van der Waals surface area contributed by atoms with Gasteiger partial charge in [-0.15, -0.1) is 24.8 Å². The molecule has 2 atom stereocenters. The van der Waals surface area contributed by atoms with Crippen molar-refractivity contribution < 1.29 is 4.79 Å². The van der Waals surface area contributed by atoms with Crippen molar-refractivity contribution in [2.75, 3.05) is 26.2 Å². The molecule has 2 aliphatic rings. The lowest BCUT2D eigenvalue weighted by atomic mass is 9.92. The molecule has 0 spiro atoms. The smallest absolute Gasteiger partial charge is 0.224 e. The number of nitrogens with zero attached hydrogens (tertiary/aromatic N) is 3. The summed E-state index contributed by atoms with van der Waals surface area (Å²) in [4.78, 5) is 14.4. The van der Waals surface area contributed by atoms with Crippen molar-refractivity contribution in [3.63, 3.8) is 0 Å². The molecule has 3 rings (SSSR count). The van der Waals surface area contributed by atoms with Crippen LogP contribution in [0.25, 0.3) is 0 Å². The third-order valence-electron chi connectivity index (χ3n) is 4.69. The van der Waals surface area contributed by atoms with Crippen LogP contribution in [0.1, 0.15) is 24.8 Å². The van der Waals surface area contributed by atoms with Crippen LogP contribution in [0.3, 0.4) is 0 Å². The van der Waals surface area contributed by atoms with E-state index in [0.717, 1.165) is 56.4 Å². The van der Waals surface area contributed by atoms with Gasteiger partial charge in [0.05, 0.1) is 6.20 Å². The van der Waals surface area contributed by atoms with Crippen molar-refractivity contribution in [3.05, 3.63) is 18.0 Å². The number of aryl methyl sites for hydroxylation is 2. The normalized spacial score (nSPS) is 24.0.